The number of carboxylic acid groups (broad SMARTS) is 1. The van der Waals surface area contributed by atoms with Gasteiger partial charge in [0, 0.05) is 19.5 Å². The number of piperidine rings is 1. The second kappa shape index (κ2) is 6.59. The minimum absolute atomic E-state index is 0.0591. The summed E-state index contributed by atoms with van der Waals surface area (Å²) in [6, 6.07) is 0. The zero-order valence-corrected chi connectivity index (χ0v) is 12.6. The summed E-state index contributed by atoms with van der Waals surface area (Å²) in [4.78, 5) is 26.0. The highest BCUT2D eigenvalue weighted by Crippen LogP contribution is 2.40. The fourth-order valence-corrected chi connectivity index (χ4v) is 3.69. The third-order valence-electron chi connectivity index (χ3n) is 5.30. The molecule has 1 heterocycles. The van der Waals surface area contributed by atoms with Crippen LogP contribution >= 0.6 is 0 Å². The number of amides is 1. The molecular formula is C16H27NO3. The molecule has 20 heavy (non-hydrogen) atoms. The Labute approximate surface area is 121 Å². The topological polar surface area (TPSA) is 57.6 Å². The molecule has 2 aliphatic rings. The Bertz CT molecular complexity index is 353. The van der Waals surface area contributed by atoms with Gasteiger partial charge in [-0.3, -0.25) is 9.59 Å². The molecular weight excluding hydrogens is 254 g/mol. The van der Waals surface area contributed by atoms with Crippen molar-refractivity contribution >= 4 is 11.9 Å². The normalized spacial score (nSPS) is 23.6. The van der Waals surface area contributed by atoms with Crippen LogP contribution in [0, 0.1) is 11.3 Å². The quantitative estimate of drug-likeness (QED) is 0.861. The monoisotopic (exact) mass is 281 g/mol. The van der Waals surface area contributed by atoms with Gasteiger partial charge in [-0.2, -0.15) is 0 Å². The first-order chi connectivity index (χ1) is 9.57. The minimum atomic E-state index is -0.781. The fraction of sp³-hybridized carbons (Fsp3) is 0.875. The van der Waals surface area contributed by atoms with Crippen LogP contribution in [0.2, 0.25) is 0 Å². The van der Waals surface area contributed by atoms with E-state index in [1.54, 1.807) is 0 Å². The van der Waals surface area contributed by atoms with Crippen LogP contribution in [0.4, 0.5) is 0 Å². The van der Waals surface area contributed by atoms with Gasteiger partial charge in [-0.25, -0.2) is 0 Å². The van der Waals surface area contributed by atoms with Crippen LogP contribution < -0.4 is 0 Å². The van der Waals surface area contributed by atoms with Crippen molar-refractivity contribution in [3.05, 3.63) is 0 Å². The SMILES string of the molecule is CCC1CCN(C(=O)CC2(C(=O)O)CCCCC2)CC1. The van der Waals surface area contributed by atoms with Crippen molar-refractivity contribution in [2.75, 3.05) is 13.1 Å². The first-order valence-corrected chi connectivity index (χ1v) is 8.08. The third kappa shape index (κ3) is 3.33. The molecule has 4 nitrogen and oxygen atoms in total. The number of rotatable bonds is 4. The Morgan fingerprint density at radius 2 is 1.75 bits per heavy atom. The summed E-state index contributed by atoms with van der Waals surface area (Å²) in [5.74, 6) is 0.0278. The number of carbonyl (C=O) groups excluding carboxylic acids is 1. The number of likely N-dealkylation sites (tertiary alicyclic amines) is 1. The molecule has 0 unspecified atom stereocenters. The number of carboxylic acids is 1. The number of hydrogen-bond acceptors (Lipinski definition) is 2. The van der Waals surface area contributed by atoms with Crippen molar-refractivity contribution in [2.24, 2.45) is 11.3 Å². The lowest BCUT2D eigenvalue weighted by atomic mass is 9.71. The number of aliphatic carboxylic acids is 1. The molecule has 114 valence electrons. The lowest BCUT2D eigenvalue weighted by molar-refractivity contribution is -0.156. The summed E-state index contributed by atoms with van der Waals surface area (Å²) < 4.78 is 0. The van der Waals surface area contributed by atoms with Crippen molar-refractivity contribution in [3.8, 4) is 0 Å². The Morgan fingerprint density at radius 1 is 1.15 bits per heavy atom. The van der Waals surface area contributed by atoms with E-state index in [0.717, 1.165) is 51.1 Å². The molecule has 1 saturated heterocycles. The largest absolute Gasteiger partial charge is 0.481 e. The van der Waals surface area contributed by atoms with Gasteiger partial charge >= 0.3 is 5.97 Å². The van der Waals surface area contributed by atoms with Crippen LogP contribution in [0.5, 0.6) is 0 Å². The summed E-state index contributed by atoms with van der Waals surface area (Å²) in [7, 11) is 0. The highest BCUT2D eigenvalue weighted by atomic mass is 16.4. The van der Waals surface area contributed by atoms with Gasteiger partial charge in [-0.1, -0.05) is 32.6 Å². The number of hydrogen-bond donors (Lipinski definition) is 1. The summed E-state index contributed by atoms with van der Waals surface area (Å²) in [5, 5.41) is 9.55. The van der Waals surface area contributed by atoms with Gasteiger partial charge in [-0.05, 0) is 31.6 Å². The maximum absolute atomic E-state index is 12.4. The molecule has 1 saturated carbocycles. The first kappa shape index (κ1) is 15.3. The van der Waals surface area contributed by atoms with Crippen LogP contribution in [-0.4, -0.2) is 35.0 Å². The molecule has 1 amide bonds. The molecule has 2 fully saturated rings. The van der Waals surface area contributed by atoms with Crippen LogP contribution in [-0.2, 0) is 9.59 Å². The first-order valence-electron chi connectivity index (χ1n) is 8.08. The molecule has 4 heteroatoms. The van der Waals surface area contributed by atoms with Gasteiger partial charge in [0.1, 0.15) is 0 Å². The van der Waals surface area contributed by atoms with E-state index in [9.17, 15) is 14.7 Å². The fourth-order valence-electron chi connectivity index (χ4n) is 3.69. The zero-order chi connectivity index (χ0) is 14.6. The zero-order valence-electron chi connectivity index (χ0n) is 12.6. The van der Waals surface area contributed by atoms with E-state index in [1.807, 2.05) is 4.90 Å². The second-order valence-electron chi connectivity index (χ2n) is 6.56. The second-order valence-corrected chi connectivity index (χ2v) is 6.56. The van der Waals surface area contributed by atoms with Crippen molar-refractivity contribution in [1.82, 2.24) is 4.90 Å². The van der Waals surface area contributed by atoms with Crippen molar-refractivity contribution in [2.45, 2.75) is 64.7 Å². The van der Waals surface area contributed by atoms with Crippen LogP contribution in [0.1, 0.15) is 64.7 Å². The van der Waals surface area contributed by atoms with Crippen LogP contribution in [0.25, 0.3) is 0 Å². The van der Waals surface area contributed by atoms with Crippen molar-refractivity contribution in [1.29, 1.82) is 0 Å². The van der Waals surface area contributed by atoms with E-state index in [4.69, 9.17) is 0 Å². The Hall–Kier alpha value is -1.06. The Morgan fingerprint density at radius 3 is 2.25 bits per heavy atom. The Kier molecular flexibility index (Phi) is 5.06. The molecule has 1 aliphatic carbocycles. The van der Waals surface area contributed by atoms with Crippen LogP contribution in [0.3, 0.4) is 0 Å². The molecule has 1 N–H and O–H groups in total. The van der Waals surface area contributed by atoms with Gasteiger partial charge in [0.25, 0.3) is 0 Å². The average Bonchev–Trinajstić information content (AvgIpc) is 2.48. The molecule has 0 atom stereocenters. The van der Waals surface area contributed by atoms with E-state index in [0.29, 0.717) is 12.8 Å². The van der Waals surface area contributed by atoms with Gasteiger partial charge in [0.15, 0.2) is 0 Å². The maximum Gasteiger partial charge on any atom is 0.310 e. The van der Waals surface area contributed by atoms with E-state index in [-0.39, 0.29) is 12.3 Å². The summed E-state index contributed by atoms with van der Waals surface area (Å²) in [6.45, 7) is 3.82. The number of nitrogens with zero attached hydrogens (tertiary/aromatic N) is 1. The number of carbonyl (C=O) groups is 2. The third-order valence-corrected chi connectivity index (χ3v) is 5.30. The highest BCUT2D eigenvalue weighted by molar-refractivity contribution is 5.85. The predicted molar refractivity (Wildman–Crippen MR) is 77.4 cm³/mol. The van der Waals surface area contributed by atoms with Crippen molar-refractivity contribution < 1.29 is 14.7 Å². The minimum Gasteiger partial charge on any atom is -0.481 e. The molecule has 0 bridgehead atoms. The Balaban J connectivity index is 1.94. The van der Waals surface area contributed by atoms with Gasteiger partial charge in [0.05, 0.1) is 5.41 Å². The molecule has 0 spiro atoms. The summed E-state index contributed by atoms with van der Waals surface area (Å²) >= 11 is 0. The molecule has 0 aromatic heterocycles. The smallest absolute Gasteiger partial charge is 0.310 e. The lowest BCUT2D eigenvalue weighted by Gasteiger charge is -2.37. The highest BCUT2D eigenvalue weighted by Gasteiger charge is 2.42. The van der Waals surface area contributed by atoms with Crippen molar-refractivity contribution in [3.63, 3.8) is 0 Å². The summed E-state index contributed by atoms with van der Waals surface area (Å²) in [6.07, 6.45) is 7.85. The lowest BCUT2D eigenvalue weighted by Crippen LogP contribution is -2.43. The molecule has 1 aliphatic heterocycles. The standard InChI is InChI=1S/C16H27NO3/c1-2-13-6-10-17(11-7-13)14(18)12-16(15(19)20)8-4-3-5-9-16/h13H,2-12H2,1H3,(H,19,20). The average molecular weight is 281 g/mol. The van der Waals surface area contributed by atoms with E-state index in [1.165, 1.54) is 6.42 Å². The molecule has 0 aromatic rings. The predicted octanol–water partition coefficient (Wildman–Crippen LogP) is 3.06. The maximum atomic E-state index is 12.4. The van der Waals surface area contributed by atoms with E-state index < -0.39 is 11.4 Å². The summed E-state index contributed by atoms with van der Waals surface area (Å²) in [5.41, 5.74) is -0.781. The van der Waals surface area contributed by atoms with Crippen LogP contribution in [0.15, 0.2) is 0 Å². The van der Waals surface area contributed by atoms with Gasteiger partial charge < -0.3 is 10.0 Å². The molecule has 0 radical (unpaired) electrons. The molecule has 2 rings (SSSR count). The van der Waals surface area contributed by atoms with E-state index in [2.05, 4.69) is 6.92 Å². The van der Waals surface area contributed by atoms with E-state index >= 15 is 0 Å². The van der Waals surface area contributed by atoms with Gasteiger partial charge in [-0.15, -0.1) is 0 Å². The molecule has 0 aromatic carbocycles. The van der Waals surface area contributed by atoms with Gasteiger partial charge in [0.2, 0.25) is 5.91 Å².